The Morgan fingerprint density at radius 2 is 2.00 bits per heavy atom. The van der Waals surface area contributed by atoms with Gasteiger partial charge in [0.2, 0.25) is 0 Å². The molecule has 0 unspecified atom stereocenters. The van der Waals surface area contributed by atoms with Gasteiger partial charge in [-0.2, -0.15) is 0 Å². The van der Waals surface area contributed by atoms with E-state index >= 15 is 0 Å². The minimum absolute atomic E-state index is 0.345. The molecule has 1 atom stereocenters. The molecule has 0 aromatic carbocycles. The van der Waals surface area contributed by atoms with E-state index in [0.29, 0.717) is 6.04 Å². The highest BCUT2D eigenvalue weighted by atomic mass is 32.1. The smallest absolute Gasteiger partial charge is 0.191 e. The third-order valence-corrected chi connectivity index (χ3v) is 3.58. The number of hydrogen-bond acceptors (Lipinski definition) is 3. The second-order valence-corrected chi connectivity index (χ2v) is 5.22. The van der Waals surface area contributed by atoms with Crippen LogP contribution in [-0.2, 0) is 0 Å². The number of guanidine groups is 1. The third-order valence-electron chi connectivity index (χ3n) is 2.61. The van der Waals surface area contributed by atoms with Crippen molar-refractivity contribution in [3.8, 4) is 0 Å². The van der Waals surface area contributed by atoms with Gasteiger partial charge in [0, 0.05) is 18.0 Å². The van der Waals surface area contributed by atoms with Crippen molar-refractivity contribution in [3.63, 3.8) is 0 Å². The lowest BCUT2D eigenvalue weighted by Crippen LogP contribution is -2.37. The van der Waals surface area contributed by atoms with Crippen molar-refractivity contribution >= 4 is 17.3 Å². The molecule has 1 heterocycles. The van der Waals surface area contributed by atoms with Crippen LogP contribution in [0, 0.1) is 0 Å². The Balaban J connectivity index is 2.68. The van der Waals surface area contributed by atoms with Crippen LogP contribution in [-0.4, -0.2) is 44.6 Å². The van der Waals surface area contributed by atoms with Gasteiger partial charge >= 0.3 is 0 Å². The molecule has 0 radical (unpaired) electrons. The largest absolute Gasteiger partial charge is 0.357 e. The van der Waals surface area contributed by atoms with Crippen LogP contribution in [0.15, 0.2) is 22.5 Å². The molecule has 0 saturated heterocycles. The number of likely N-dealkylation sites (N-methyl/N-ethyl adjacent to an activating group) is 1. The molecule has 1 aromatic heterocycles. The number of hydrogen-bond donors (Lipinski definition) is 2. The molecule has 0 aliphatic rings. The van der Waals surface area contributed by atoms with Crippen LogP contribution in [0.5, 0.6) is 0 Å². The molecule has 0 fully saturated rings. The molecule has 1 rings (SSSR count). The van der Waals surface area contributed by atoms with Crippen LogP contribution >= 0.6 is 11.3 Å². The van der Waals surface area contributed by atoms with E-state index in [1.54, 1.807) is 11.3 Å². The van der Waals surface area contributed by atoms with E-state index in [2.05, 4.69) is 66.0 Å². The topological polar surface area (TPSA) is 39.7 Å². The second kappa shape index (κ2) is 8.11. The second-order valence-electron chi connectivity index (χ2n) is 4.24. The maximum absolute atomic E-state index is 4.64. The fourth-order valence-electron chi connectivity index (χ4n) is 1.68. The molecular weight excluding hydrogens is 244 g/mol. The molecule has 0 aliphatic carbocycles. The van der Waals surface area contributed by atoms with Crippen molar-refractivity contribution in [2.24, 2.45) is 4.99 Å². The fourth-order valence-corrected chi connectivity index (χ4v) is 2.59. The van der Waals surface area contributed by atoms with Crippen molar-refractivity contribution in [1.82, 2.24) is 15.5 Å². The van der Waals surface area contributed by atoms with Crippen molar-refractivity contribution < 1.29 is 0 Å². The van der Waals surface area contributed by atoms with Crippen LogP contribution in [0.25, 0.3) is 0 Å². The summed E-state index contributed by atoms with van der Waals surface area (Å²) in [6.07, 6.45) is 0. The van der Waals surface area contributed by atoms with Gasteiger partial charge in [-0.3, -0.25) is 4.99 Å². The first-order valence-corrected chi connectivity index (χ1v) is 7.29. The van der Waals surface area contributed by atoms with Gasteiger partial charge in [0.05, 0.1) is 12.6 Å². The number of thiophene rings is 1. The Morgan fingerprint density at radius 3 is 2.44 bits per heavy atom. The summed E-state index contributed by atoms with van der Waals surface area (Å²) in [6.45, 7) is 6.70. The molecule has 0 saturated carbocycles. The zero-order chi connectivity index (χ0) is 13.4. The molecule has 0 spiro atoms. The highest BCUT2D eigenvalue weighted by molar-refractivity contribution is 7.10. The number of rotatable bonds is 6. The quantitative estimate of drug-likeness (QED) is 0.612. The minimum atomic E-state index is 0.345. The summed E-state index contributed by atoms with van der Waals surface area (Å²) < 4.78 is 0. The lowest BCUT2D eigenvalue weighted by atomic mass is 10.2. The van der Waals surface area contributed by atoms with E-state index in [0.717, 1.165) is 25.6 Å². The van der Waals surface area contributed by atoms with Crippen molar-refractivity contribution in [1.29, 1.82) is 0 Å². The fraction of sp³-hybridized carbons (Fsp3) is 0.615. The summed E-state index contributed by atoms with van der Waals surface area (Å²) in [5, 5.41) is 8.61. The van der Waals surface area contributed by atoms with Crippen molar-refractivity contribution in [2.45, 2.75) is 19.9 Å². The van der Waals surface area contributed by atoms with Gasteiger partial charge in [-0.15, -0.1) is 11.3 Å². The van der Waals surface area contributed by atoms with Gasteiger partial charge in [0.25, 0.3) is 0 Å². The first kappa shape index (κ1) is 15.0. The maximum atomic E-state index is 4.64. The van der Waals surface area contributed by atoms with Crippen LogP contribution in [0.4, 0.5) is 0 Å². The Morgan fingerprint density at radius 1 is 1.33 bits per heavy atom. The van der Waals surface area contributed by atoms with Gasteiger partial charge in [0.1, 0.15) is 0 Å². The first-order chi connectivity index (χ1) is 8.69. The summed E-state index contributed by atoms with van der Waals surface area (Å²) in [6, 6.07) is 4.61. The van der Waals surface area contributed by atoms with Crippen LogP contribution in [0.3, 0.4) is 0 Å². The van der Waals surface area contributed by atoms with Crippen LogP contribution < -0.4 is 10.6 Å². The Labute approximate surface area is 114 Å². The average molecular weight is 268 g/mol. The highest BCUT2D eigenvalue weighted by Gasteiger charge is 2.14. The van der Waals surface area contributed by atoms with E-state index < -0.39 is 0 Å². The van der Waals surface area contributed by atoms with E-state index in [9.17, 15) is 0 Å². The monoisotopic (exact) mass is 268 g/mol. The van der Waals surface area contributed by atoms with Gasteiger partial charge in [-0.05, 0) is 39.4 Å². The summed E-state index contributed by atoms with van der Waals surface area (Å²) in [5.41, 5.74) is 0. The third kappa shape index (κ3) is 4.66. The summed E-state index contributed by atoms with van der Waals surface area (Å²) in [7, 11) is 4.19. The number of aliphatic imine (C=N–C) groups is 1. The predicted molar refractivity (Wildman–Crippen MR) is 80.4 cm³/mol. The average Bonchev–Trinajstić information content (AvgIpc) is 2.83. The van der Waals surface area contributed by atoms with E-state index in [-0.39, 0.29) is 0 Å². The van der Waals surface area contributed by atoms with Crippen LogP contribution in [0.2, 0.25) is 0 Å². The highest BCUT2D eigenvalue weighted by Crippen LogP contribution is 2.23. The van der Waals surface area contributed by atoms with Gasteiger partial charge < -0.3 is 15.5 Å². The molecule has 0 amide bonds. The molecule has 18 heavy (non-hydrogen) atoms. The lowest BCUT2D eigenvalue weighted by Gasteiger charge is -2.22. The van der Waals surface area contributed by atoms with E-state index in [4.69, 9.17) is 0 Å². The SMILES string of the molecule is CCNC(=NC[C@H](c1cccs1)N(C)C)NCC. The van der Waals surface area contributed by atoms with Gasteiger partial charge in [-0.1, -0.05) is 6.07 Å². The predicted octanol–water partition coefficient (Wildman–Crippen LogP) is 1.93. The van der Waals surface area contributed by atoms with Gasteiger partial charge in [0.15, 0.2) is 5.96 Å². The maximum Gasteiger partial charge on any atom is 0.191 e. The molecule has 0 aliphatic heterocycles. The number of nitrogens with zero attached hydrogens (tertiary/aromatic N) is 2. The summed E-state index contributed by atoms with van der Waals surface area (Å²) in [5.74, 6) is 0.892. The van der Waals surface area contributed by atoms with Crippen molar-refractivity contribution in [2.75, 3.05) is 33.7 Å². The summed E-state index contributed by atoms with van der Waals surface area (Å²) >= 11 is 1.79. The zero-order valence-electron chi connectivity index (χ0n) is 11.7. The Hall–Kier alpha value is -1.07. The standard InChI is InChI=1S/C13H24N4S/c1-5-14-13(15-6-2)16-10-11(17(3)4)12-8-7-9-18-12/h7-9,11H,5-6,10H2,1-4H3,(H2,14,15,16)/t11-/m1/s1. The molecular formula is C13H24N4S. The van der Waals surface area contributed by atoms with E-state index in [1.165, 1.54) is 4.88 Å². The summed E-state index contributed by atoms with van der Waals surface area (Å²) in [4.78, 5) is 8.21. The molecule has 0 bridgehead atoms. The molecule has 1 aromatic rings. The molecule has 5 heteroatoms. The zero-order valence-corrected chi connectivity index (χ0v) is 12.5. The van der Waals surface area contributed by atoms with Crippen LogP contribution in [0.1, 0.15) is 24.8 Å². The normalized spacial score (nSPS) is 12.3. The minimum Gasteiger partial charge on any atom is -0.357 e. The first-order valence-electron chi connectivity index (χ1n) is 6.41. The van der Waals surface area contributed by atoms with E-state index in [1.807, 2.05) is 0 Å². The lowest BCUT2D eigenvalue weighted by molar-refractivity contribution is 0.310. The molecule has 4 nitrogen and oxygen atoms in total. The molecule has 102 valence electrons. The van der Waals surface area contributed by atoms with Crippen molar-refractivity contribution in [3.05, 3.63) is 22.4 Å². The Kier molecular flexibility index (Phi) is 6.75. The number of nitrogens with one attached hydrogen (secondary N) is 2. The Bertz CT molecular complexity index is 338. The molecule has 2 N–H and O–H groups in total. The van der Waals surface area contributed by atoms with Gasteiger partial charge in [-0.25, -0.2) is 0 Å².